The van der Waals surface area contributed by atoms with Crippen LogP contribution in [0.4, 0.5) is 0 Å². The molecule has 0 aliphatic carbocycles. The van der Waals surface area contributed by atoms with E-state index in [-0.39, 0.29) is 24.0 Å². The van der Waals surface area contributed by atoms with Crippen LogP contribution in [0.25, 0.3) is 0 Å². The standard InChI is InChI=1S/C23H34N6O2.HI/c1-19-16-28(11-13-30-19)17-21-5-3-4-20(14-21)15-25-23(24-2)29-9-7-27(8-10-29)18-22-6-12-31-26-22;/h3-6,12,14,19H,7-11,13,15-18H2,1-2H3,(H,24,25);1H. The van der Waals surface area contributed by atoms with Gasteiger partial charge in [-0.3, -0.25) is 14.8 Å². The second-order valence-corrected chi connectivity index (χ2v) is 8.39. The first-order valence-electron chi connectivity index (χ1n) is 11.2. The number of halogens is 1. The molecule has 0 bridgehead atoms. The molecule has 1 unspecified atom stereocenters. The lowest BCUT2D eigenvalue weighted by Gasteiger charge is -2.36. The Morgan fingerprint density at radius 1 is 1.09 bits per heavy atom. The Morgan fingerprint density at radius 2 is 1.91 bits per heavy atom. The highest BCUT2D eigenvalue weighted by molar-refractivity contribution is 14.0. The molecule has 176 valence electrons. The first kappa shape index (κ1) is 24.9. The first-order valence-corrected chi connectivity index (χ1v) is 11.2. The highest BCUT2D eigenvalue weighted by Gasteiger charge is 2.20. The van der Waals surface area contributed by atoms with Gasteiger partial charge >= 0.3 is 0 Å². The Labute approximate surface area is 208 Å². The number of aliphatic imine (C=N–C) groups is 1. The molecule has 9 heteroatoms. The van der Waals surface area contributed by atoms with Crippen molar-refractivity contribution in [3.8, 4) is 0 Å². The minimum Gasteiger partial charge on any atom is -0.376 e. The van der Waals surface area contributed by atoms with Gasteiger partial charge in [0.1, 0.15) is 6.26 Å². The minimum atomic E-state index is 0. The second kappa shape index (κ2) is 12.5. The molecule has 1 aromatic carbocycles. The van der Waals surface area contributed by atoms with Gasteiger partial charge < -0.3 is 19.5 Å². The van der Waals surface area contributed by atoms with Crippen molar-refractivity contribution in [1.82, 2.24) is 25.2 Å². The molecule has 2 aliphatic heterocycles. The van der Waals surface area contributed by atoms with Crippen LogP contribution in [0.5, 0.6) is 0 Å². The zero-order valence-corrected chi connectivity index (χ0v) is 21.4. The summed E-state index contributed by atoms with van der Waals surface area (Å²) in [6.45, 7) is 11.4. The van der Waals surface area contributed by atoms with Crippen LogP contribution in [0, 0.1) is 0 Å². The van der Waals surface area contributed by atoms with Gasteiger partial charge in [0, 0.05) is 72.0 Å². The largest absolute Gasteiger partial charge is 0.376 e. The van der Waals surface area contributed by atoms with Gasteiger partial charge in [0.05, 0.1) is 18.4 Å². The highest BCUT2D eigenvalue weighted by Crippen LogP contribution is 2.13. The predicted molar refractivity (Wildman–Crippen MR) is 136 cm³/mol. The van der Waals surface area contributed by atoms with E-state index in [9.17, 15) is 0 Å². The molecule has 0 spiro atoms. The Hall–Kier alpha value is -1.69. The molecule has 0 amide bonds. The van der Waals surface area contributed by atoms with E-state index in [2.05, 4.69) is 61.4 Å². The molecule has 8 nitrogen and oxygen atoms in total. The SMILES string of the molecule is CN=C(NCc1cccc(CN2CCOC(C)C2)c1)N1CCN(Cc2ccon2)CC1.I. The van der Waals surface area contributed by atoms with Crippen molar-refractivity contribution in [2.75, 3.05) is 52.9 Å². The van der Waals surface area contributed by atoms with E-state index in [1.807, 2.05) is 13.1 Å². The van der Waals surface area contributed by atoms with Crippen LogP contribution in [0.1, 0.15) is 23.7 Å². The minimum absolute atomic E-state index is 0. The summed E-state index contributed by atoms with van der Waals surface area (Å²) in [5.41, 5.74) is 3.62. The number of nitrogens with one attached hydrogen (secondary N) is 1. The molecular weight excluding hydrogens is 519 g/mol. The number of hydrogen-bond donors (Lipinski definition) is 1. The molecule has 2 saturated heterocycles. The summed E-state index contributed by atoms with van der Waals surface area (Å²) in [5.74, 6) is 0.966. The normalized spacial score (nSPS) is 20.8. The third-order valence-corrected chi connectivity index (χ3v) is 5.93. The molecule has 1 atom stereocenters. The maximum atomic E-state index is 5.66. The van der Waals surface area contributed by atoms with Crippen molar-refractivity contribution in [3.05, 3.63) is 53.4 Å². The quantitative estimate of drug-likeness (QED) is 0.334. The zero-order chi connectivity index (χ0) is 21.5. The lowest BCUT2D eigenvalue weighted by molar-refractivity contribution is -0.0212. The molecule has 1 N–H and O–H groups in total. The lowest BCUT2D eigenvalue weighted by atomic mass is 10.1. The number of guanidine groups is 1. The maximum Gasteiger partial charge on any atom is 0.194 e. The number of hydrogen-bond acceptors (Lipinski definition) is 6. The number of aromatic nitrogens is 1. The maximum absolute atomic E-state index is 5.66. The van der Waals surface area contributed by atoms with Crippen LogP contribution < -0.4 is 5.32 Å². The summed E-state index contributed by atoms with van der Waals surface area (Å²) < 4.78 is 10.6. The number of ether oxygens (including phenoxy) is 1. The van der Waals surface area contributed by atoms with Gasteiger partial charge in [-0.15, -0.1) is 24.0 Å². The van der Waals surface area contributed by atoms with Crippen LogP contribution in [-0.2, 0) is 24.4 Å². The smallest absolute Gasteiger partial charge is 0.194 e. The molecule has 0 radical (unpaired) electrons. The Morgan fingerprint density at radius 3 is 2.62 bits per heavy atom. The van der Waals surface area contributed by atoms with E-state index in [1.54, 1.807) is 6.26 Å². The molecule has 0 saturated carbocycles. The van der Waals surface area contributed by atoms with Gasteiger partial charge in [-0.1, -0.05) is 29.4 Å². The first-order chi connectivity index (χ1) is 15.2. The molecule has 2 fully saturated rings. The van der Waals surface area contributed by atoms with Gasteiger partial charge in [-0.05, 0) is 18.1 Å². The van der Waals surface area contributed by atoms with E-state index in [0.29, 0.717) is 6.10 Å². The van der Waals surface area contributed by atoms with Crippen molar-refractivity contribution in [3.63, 3.8) is 0 Å². The third kappa shape index (κ3) is 7.16. The van der Waals surface area contributed by atoms with E-state index in [0.717, 1.165) is 77.2 Å². The molecule has 1 aromatic heterocycles. The lowest BCUT2D eigenvalue weighted by Crippen LogP contribution is -2.52. The molecule has 4 rings (SSSR count). The van der Waals surface area contributed by atoms with Crippen molar-refractivity contribution < 1.29 is 9.26 Å². The molecule has 3 heterocycles. The predicted octanol–water partition coefficient (Wildman–Crippen LogP) is 2.41. The van der Waals surface area contributed by atoms with Crippen LogP contribution in [0.2, 0.25) is 0 Å². The Bertz CT molecular complexity index is 839. The van der Waals surface area contributed by atoms with Gasteiger partial charge in [0.15, 0.2) is 5.96 Å². The number of piperazine rings is 1. The summed E-state index contributed by atoms with van der Waals surface area (Å²) in [6, 6.07) is 10.8. The second-order valence-electron chi connectivity index (χ2n) is 8.39. The zero-order valence-electron chi connectivity index (χ0n) is 19.1. The van der Waals surface area contributed by atoms with Gasteiger partial charge in [0.25, 0.3) is 0 Å². The van der Waals surface area contributed by atoms with Gasteiger partial charge in [-0.2, -0.15) is 0 Å². The van der Waals surface area contributed by atoms with Gasteiger partial charge in [-0.25, -0.2) is 0 Å². The van der Waals surface area contributed by atoms with E-state index in [4.69, 9.17) is 9.26 Å². The van der Waals surface area contributed by atoms with E-state index < -0.39 is 0 Å². The average molecular weight is 554 g/mol. The fraction of sp³-hybridized carbons (Fsp3) is 0.565. The van der Waals surface area contributed by atoms with Crippen LogP contribution in [-0.4, -0.2) is 84.8 Å². The molecule has 32 heavy (non-hydrogen) atoms. The van der Waals surface area contributed by atoms with Crippen molar-refractivity contribution >= 4 is 29.9 Å². The van der Waals surface area contributed by atoms with Crippen LogP contribution in [0.3, 0.4) is 0 Å². The van der Waals surface area contributed by atoms with E-state index in [1.165, 1.54) is 11.1 Å². The summed E-state index contributed by atoms with van der Waals surface area (Å²) in [7, 11) is 1.86. The number of morpholine rings is 1. The monoisotopic (exact) mass is 554 g/mol. The molecule has 2 aromatic rings. The summed E-state index contributed by atoms with van der Waals surface area (Å²) >= 11 is 0. The fourth-order valence-electron chi connectivity index (χ4n) is 4.31. The number of rotatable bonds is 6. The summed E-state index contributed by atoms with van der Waals surface area (Å²) in [6.07, 6.45) is 1.95. The van der Waals surface area contributed by atoms with Crippen molar-refractivity contribution in [2.24, 2.45) is 4.99 Å². The van der Waals surface area contributed by atoms with Crippen molar-refractivity contribution in [1.29, 1.82) is 0 Å². The average Bonchev–Trinajstić information content (AvgIpc) is 3.29. The molecular formula is C23H35IN6O2. The van der Waals surface area contributed by atoms with E-state index >= 15 is 0 Å². The third-order valence-electron chi connectivity index (χ3n) is 5.93. The van der Waals surface area contributed by atoms with Crippen LogP contribution >= 0.6 is 24.0 Å². The van der Waals surface area contributed by atoms with Crippen molar-refractivity contribution in [2.45, 2.75) is 32.7 Å². The Balaban J connectivity index is 0.00000289. The number of benzene rings is 1. The van der Waals surface area contributed by atoms with Crippen LogP contribution in [0.15, 0.2) is 46.1 Å². The summed E-state index contributed by atoms with van der Waals surface area (Å²) in [5, 5.41) is 7.57. The highest BCUT2D eigenvalue weighted by atomic mass is 127. The molecule has 2 aliphatic rings. The summed E-state index contributed by atoms with van der Waals surface area (Å²) in [4.78, 5) is 11.7. The Kier molecular flexibility index (Phi) is 9.76. The number of nitrogens with zero attached hydrogens (tertiary/aromatic N) is 5. The fourth-order valence-corrected chi connectivity index (χ4v) is 4.31. The van der Waals surface area contributed by atoms with Gasteiger partial charge in [0.2, 0.25) is 0 Å². The topological polar surface area (TPSA) is 69.4 Å².